The van der Waals surface area contributed by atoms with Crippen LogP contribution in [0, 0.1) is 27.7 Å². The fourth-order valence-electron chi connectivity index (χ4n) is 3.02. The zero-order chi connectivity index (χ0) is 19.0. The number of thiophene rings is 1. The Hall–Kier alpha value is -2.86. The highest BCUT2D eigenvalue weighted by Gasteiger charge is 2.19. The molecule has 134 valence electrons. The van der Waals surface area contributed by atoms with Crippen LogP contribution in [0.4, 0.5) is 5.00 Å². The van der Waals surface area contributed by atoms with E-state index in [2.05, 4.69) is 22.0 Å². The molecule has 0 aliphatic carbocycles. The second-order valence-corrected chi connectivity index (χ2v) is 7.53. The van der Waals surface area contributed by atoms with Crippen LogP contribution in [0.5, 0.6) is 0 Å². The van der Waals surface area contributed by atoms with Crippen molar-refractivity contribution in [1.82, 2.24) is 4.57 Å². The van der Waals surface area contributed by atoms with Crippen molar-refractivity contribution >= 4 is 28.2 Å². The second kappa shape index (κ2) is 6.80. The average molecular weight is 367 g/mol. The Labute approximate surface area is 156 Å². The number of hydrogen-bond acceptors (Lipinski definition) is 3. The number of aryl methyl sites for hydroxylation is 3. The summed E-state index contributed by atoms with van der Waals surface area (Å²) < 4.78 is 2.12. The summed E-state index contributed by atoms with van der Waals surface area (Å²) in [5.74, 6) is -0.794. The summed E-state index contributed by atoms with van der Waals surface area (Å²) in [6.45, 7) is 7.82. The van der Waals surface area contributed by atoms with E-state index in [0.717, 1.165) is 27.5 Å². The Morgan fingerprint density at radius 1 is 0.962 bits per heavy atom. The van der Waals surface area contributed by atoms with Crippen molar-refractivity contribution < 1.29 is 9.59 Å². The fraction of sp³-hybridized carbons (Fsp3) is 0.200. The minimum Gasteiger partial charge on any atom is -0.365 e. The standard InChI is InChI=1S/C20H21N3O2S/c1-11-5-6-12(2)23(11)16-9-7-15(8-10-16)19(25)22-20-17(18(21)24)13(3)14(4)26-20/h5-10H,1-4H3,(H2,21,24)(H,22,25). The van der Waals surface area contributed by atoms with Crippen molar-refractivity contribution in [3.63, 3.8) is 0 Å². The van der Waals surface area contributed by atoms with E-state index in [-0.39, 0.29) is 5.91 Å². The summed E-state index contributed by atoms with van der Waals surface area (Å²) in [6, 6.07) is 11.5. The third-order valence-corrected chi connectivity index (χ3v) is 5.64. The van der Waals surface area contributed by atoms with Crippen molar-refractivity contribution in [2.24, 2.45) is 5.73 Å². The maximum Gasteiger partial charge on any atom is 0.256 e. The van der Waals surface area contributed by atoms with Gasteiger partial charge in [0.05, 0.1) is 5.56 Å². The summed E-state index contributed by atoms with van der Waals surface area (Å²) in [4.78, 5) is 25.2. The molecule has 0 fully saturated rings. The van der Waals surface area contributed by atoms with Gasteiger partial charge in [0.2, 0.25) is 0 Å². The first kappa shape index (κ1) is 17.9. The maximum atomic E-state index is 12.6. The van der Waals surface area contributed by atoms with Gasteiger partial charge < -0.3 is 15.6 Å². The zero-order valence-electron chi connectivity index (χ0n) is 15.2. The van der Waals surface area contributed by atoms with Gasteiger partial charge in [0, 0.05) is 27.5 Å². The molecular formula is C20H21N3O2S. The third kappa shape index (κ3) is 3.15. The maximum absolute atomic E-state index is 12.6. The van der Waals surface area contributed by atoms with Crippen LogP contribution < -0.4 is 11.1 Å². The molecule has 0 saturated heterocycles. The molecule has 0 aliphatic rings. The summed E-state index contributed by atoms with van der Waals surface area (Å²) in [5.41, 5.74) is 10.5. The summed E-state index contributed by atoms with van der Waals surface area (Å²) in [5, 5.41) is 3.32. The zero-order valence-corrected chi connectivity index (χ0v) is 16.0. The number of rotatable bonds is 4. The number of hydrogen-bond donors (Lipinski definition) is 2. The number of anilines is 1. The number of carbonyl (C=O) groups excluding carboxylic acids is 2. The first-order valence-corrected chi connectivity index (χ1v) is 9.07. The molecule has 0 saturated carbocycles. The Morgan fingerprint density at radius 3 is 2.08 bits per heavy atom. The van der Waals surface area contributed by atoms with Gasteiger partial charge in [0.1, 0.15) is 5.00 Å². The highest BCUT2D eigenvalue weighted by atomic mass is 32.1. The van der Waals surface area contributed by atoms with E-state index in [1.165, 1.54) is 11.3 Å². The van der Waals surface area contributed by atoms with Gasteiger partial charge in [-0.2, -0.15) is 0 Å². The smallest absolute Gasteiger partial charge is 0.256 e. The van der Waals surface area contributed by atoms with E-state index >= 15 is 0 Å². The van der Waals surface area contributed by atoms with Crippen LogP contribution in [0.2, 0.25) is 0 Å². The lowest BCUT2D eigenvalue weighted by molar-refractivity contribution is 0.100. The van der Waals surface area contributed by atoms with Crippen molar-refractivity contribution in [2.45, 2.75) is 27.7 Å². The molecule has 0 bridgehead atoms. The van der Waals surface area contributed by atoms with Crippen LogP contribution in [0.3, 0.4) is 0 Å². The number of nitrogens with zero attached hydrogens (tertiary/aromatic N) is 1. The molecule has 6 heteroatoms. The Morgan fingerprint density at radius 2 is 1.54 bits per heavy atom. The number of primary amides is 1. The largest absolute Gasteiger partial charge is 0.365 e. The van der Waals surface area contributed by atoms with Crippen LogP contribution in [0.1, 0.15) is 42.5 Å². The van der Waals surface area contributed by atoms with E-state index in [9.17, 15) is 9.59 Å². The minimum absolute atomic E-state index is 0.263. The van der Waals surface area contributed by atoms with Crippen LogP contribution in [-0.2, 0) is 0 Å². The highest BCUT2D eigenvalue weighted by molar-refractivity contribution is 7.16. The lowest BCUT2D eigenvalue weighted by atomic mass is 10.1. The van der Waals surface area contributed by atoms with Gasteiger partial charge in [-0.25, -0.2) is 0 Å². The molecule has 3 rings (SSSR count). The molecule has 0 spiro atoms. The van der Waals surface area contributed by atoms with Crippen molar-refractivity contribution in [3.05, 3.63) is 69.4 Å². The van der Waals surface area contributed by atoms with Gasteiger partial charge in [0.15, 0.2) is 0 Å². The van der Waals surface area contributed by atoms with E-state index in [4.69, 9.17) is 5.73 Å². The number of carbonyl (C=O) groups is 2. The van der Waals surface area contributed by atoms with Gasteiger partial charge in [-0.1, -0.05) is 0 Å². The Bertz CT molecular complexity index is 977. The van der Waals surface area contributed by atoms with E-state index < -0.39 is 5.91 Å². The van der Waals surface area contributed by atoms with Gasteiger partial charge in [-0.05, 0) is 69.7 Å². The fourth-order valence-corrected chi connectivity index (χ4v) is 4.09. The van der Waals surface area contributed by atoms with Crippen LogP contribution in [0.25, 0.3) is 5.69 Å². The number of aromatic nitrogens is 1. The lowest BCUT2D eigenvalue weighted by Crippen LogP contribution is -2.17. The number of nitrogens with two attached hydrogens (primary N) is 1. The Balaban J connectivity index is 1.86. The van der Waals surface area contributed by atoms with Crippen LogP contribution >= 0.6 is 11.3 Å². The molecule has 0 aliphatic heterocycles. The van der Waals surface area contributed by atoms with Gasteiger partial charge in [-0.3, -0.25) is 9.59 Å². The molecule has 2 aromatic heterocycles. The summed E-state index contributed by atoms with van der Waals surface area (Å²) in [7, 11) is 0. The molecule has 0 atom stereocenters. The molecule has 3 aromatic rings. The lowest BCUT2D eigenvalue weighted by Gasteiger charge is -2.10. The van der Waals surface area contributed by atoms with Crippen LogP contribution in [0.15, 0.2) is 36.4 Å². The summed E-state index contributed by atoms with van der Waals surface area (Å²) in [6.07, 6.45) is 0. The minimum atomic E-state index is -0.531. The molecule has 26 heavy (non-hydrogen) atoms. The SMILES string of the molecule is Cc1sc(NC(=O)c2ccc(-n3c(C)ccc3C)cc2)c(C(N)=O)c1C. The monoisotopic (exact) mass is 367 g/mol. The van der Waals surface area contributed by atoms with Gasteiger partial charge >= 0.3 is 0 Å². The van der Waals surface area contributed by atoms with Gasteiger partial charge in [0.25, 0.3) is 11.8 Å². The number of benzene rings is 1. The molecule has 0 radical (unpaired) electrons. The second-order valence-electron chi connectivity index (χ2n) is 6.30. The Kier molecular flexibility index (Phi) is 4.70. The molecule has 2 heterocycles. The number of amides is 2. The van der Waals surface area contributed by atoms with E-state index in [0.29, 0.717) is 16.1 Å². The van der Waals surface area contributed by atoms with E-state index in [1.54, 1.807) is 12.1 Å². The molecule has 2 amide bonds. The first-order chi connectivity index (χ1) is 12.3. The number of nitrogens with one attached hydrogen (secondary N) is 1. The van der Waals surface area contributed by atoms with Crippen molar-refractivity contribution in [1.29, 1.82) is 0 Å². The predicted octanol–water partition coefficient (Wildman–Crippen LogP) is 4.12. The normalized spacial score (nSPS) is 10.8. The molecule has 0 unspecified atom stereocenters. The topological polar surface area (TPSA) is 77.1 Å². The quantitative estimate of drug-likeness (QED) is 0.727. The van der Waals surface area contributed by atoms with Crippen LogP contribution in [-0.4, -0.2) is 16.4 Å². The summed E-state index contributed by atoms with van der Waals surface area (Å²) >= 11 is 1.36. The third-order valence-electron chi connectivity index (χ3n) is 4.52. The molecule has 1 aromatic carbocycles. The first-order valence-electron chi connectivity index (χ1n) is 8.26. The molecular weight excluding hydrogens is 346 g/mol. The molecule has 5 nitrogen and oxygen atoms in total. The van der Waals surface area contributed by atoms with Gasteiger partial charge in [-0.15, -0.1) is 11.3 Å². The average Bonchev–Trinajstić information content (AvgIpc) is 3.06. The van der Waals surface area contributed by atoms with Crippen molar-refractivity contribution in [2.75, 3.05) is 5.32 Å². The van der Waals surface area contributed by atoms with E-state index in [1.807, 2.05) is 39.8 Å². The molecule has 3 N–H and O–H groups in total. The predicted molar refractivity (Wildman–Crippen MR) is 106 cm³/mol. The van der Waals surface area contributed by atoms with Crippen molar-refractivity contribution in [3.8, 4) is 5.69 Å². The highest BCUT2D eigenvalue weighted by Crippen LogP contribution is 2.32.